The minimum Gasteiger partial charge on any atom is -0.477 e. The third-order valence-corrected chi connectivity index (χ3v) is 8.27. The lowest BCUT2D eigenvalue weighted by Gasteiger charge is -2.21. The summed E-state index contributed by atoms with van der Waals surface area (Å²) in [6, 6.07) is 19.7. The number of methoxy groups -OCH3 is 1. The maximum atomic E-state index is 13.3. The monoisotopic (exact) mass is 588 g/mol. The third kappa shape index (κ3) is 6.65. The molecule has 222 valence electrons. The molecule has 7 heteroatoms. The van der Waals surface area contributed by atoms with Gasteiger partial charge in [0, 0.05) is 34.6 Å². The van der Waals surface area contributed by atoms with Gasteiger partial charge in [-0.15, -0.1) is 0 Å². The van der Waals surface area contributed by atoms with Gasteiger partial charge in [-0.3, -0.25) is 4.79 Å². The molecule has 1 heterocycles. The van der Waals surface area contributed by atoms with Gasteiger partial charge in [0.25, 0.3) is 5.91 Å². The minimum atomic E-state index is -0.759. The number of amides is 1. The first kappa shape index (κ1) is 31.2. The molecule has 2 atom stereocenters. The molecule has 0 saturated carbocycles. The van der Waals surface area contributed by atoms with Crippen LogP contribution in [0.15, 0.2) is 60.7 Å². The lowest BCUT2D eigenvalue weighted by atomic mass is 9.98. The van der Waals surface area contributed by atoms with Crippen LogP contribution in [-0.2, 0) is 16.1 Å². The smallest absolute Gasteiger partial charge is 0.347 e. The fourth-order valence-electron chi connectivity index (χ4n) is 5.17. The zero-order chi connectivity index (χ0) is 30.7. The lowest BCUT2D eigenvalue weighted by Crippen LogP contribution is -2.33. The van der Waals surface area contributed by atoms with Crippen LogP contribution < -0.4 is 10.1 Å². The Hall–Kier alpha value is -3.77. The average molecular weight is 589 g/mol. The summed E-state index contributed by atoms with van der Waals surface area (Å²) in [7, 11) is 1.35. The zero-order valence-electron chi connectivity index (χ0n) is 25.7. The van der Waals surface area contributed by atoms with Crippen molar-refractivity contribution >= 4 is 34.4 Å². The van der Waals surface area contributed by atoms with Crippen molar-refractivity contribution in [3.05, 3.63) is 99.2 Å². The highest BCUT2D eigenvalue weighted by atomic mass is 35.5. The van der Waals surface area contributed by atoms with Gasteiger partial charge in [-0.1, -0.05) is 69.6 Å². The summed E-state index contributed by atoms with van der Waals surface area (Å²) in [5.41, 5.74) is 7.20. The molecular formula is C35H41ClN2O4. The molecule has 4 rings (SSSR count). The lowest BCUT2D eigenvalue weighted by molar-refractivity contribution is -0.150. The molecule has 42 heavy (non-hydrogen) atoms. The van der Waals surface area contributed by atoms with Crippen LogP contribution in [0.4, 0.5) is 0 Å². The second-order valence-electron chi connectivity index (χ2n) is 11.6. The molecule has 0 bridgehead atoms. The summed E-state index contributed by atoms with van der Waals surface area (Å²) >= 11 is 6.45. The van der Waals surface area contributed by atoms with Crippen molar-refractivity contribution in [1.29, 1.82) is 0 Å². The molecule has 0 unspecified atom stereocenters. The van der Waals surface area contributed by atoms with E-state index < -0.39 is 12.1 Å². The topological polar surface area (TPSA) is 69.6 Å². The van der Waals surface area contributed by atoms with Gasteiger partial charge < -0.3 is 19.4 Å². The van der Waals surface area contributed by atoms with Gasteiger partial charge in [0.05, 0.1) is 18.2 Å². The number of rotatable bonds is 10. The number of benzene rings is 3. The number of halogens is 1. The average Bonchev–Trinajstić information content (AvgIpc) is 3.20. The summed E-state index contributed by atoms with van der Waals surface area (Å²) in [5.74, 6) is 0.238. The summed E-state index contributed by atoms with van der Waals surface area (Å²) in [6.07, 6.45) is -0.759. The minimum absolute atomic E-state index is 0.0879. The molecule has 1 N–H and O–H groups in total. The molecule has 0 saturated heterocycles. The number of ether oxygens (including phenoxy) is 2. The first-order valence-corrected chi connectivity index (χ1v) is 14.8. The van der Waals surface area contributed by atoms with E-state index in [2.05, 4.69) is 55.8 Å². The Morgan fingerprint density at radius 3 is 2.31 bits per heavy atom. The molecule has 0 aliphatic heterocycles. The van der Waals surface area contributed by atoms with Crippen LogP contribution in [-0.4, -0.2) is 29.7 Å². The van der Waals surface area contributed by atoms with E-state index >= 15 is 0 Å². The number of esters is 1. The Morgan fingerprint density at radius 1 is 0.929 bits per heavy atom. The predicted octanol–water partition coefficient (Wildman–Crippen LogP) is 8.15. The highest BCUT2D eigenvalue weighted by molar-refractivity contribution is 6.32. The van der Waals surface area contributed by atoms with E-state index in [1.54, 1.807) is 6.07 Å². The van der Waals surface area contributed by atoms with E-state index in [4.69, 9.17) is 21.1 Å². The number of carbonyl (C=O) groups excluding carboxylic acids is 2. The van der Waals surface area contributed by atoms with Crippen LogP contribution in [0.25, 0.3) is 10.9 Å². The number of fused-ring (bicyclic) bond motifs is 1. The highest BCUT2D eigenvalue weighted by Gasteiger charge is 2.26. The van der Waals surface area contributed by atoms with Crippen molar-refractivity contribution in [2.45, 2.75) is 73.1 Å². The number of aryl methyl sites for hydroxylation is 1. The fourth-order valence-corrected chi connectivity index (χ4v) is 5.34. The van der Waals surface area contributed by atoms with Crippen molar-refractivity contribution in [3.63, 3.8) is 0 Å². The number of aromatic nitrogens is 1. The molecule has 0 fully saturated rings. The third-order valence-electron chi connectivity index (χ3n) is 7.96. The van der Waals surface area contributed by atoms with Gasteiger partial charge in [0.1, 0.15) is 5.75 Å². The van der Waals surface area contributed by atoms with Crippen molar-refractivity contribution in [3.8, 4) is 5.75 Å². The van der Waals surface area contributed by atoms with Crippen LogP contribution in [0.3, 0.4) is 0 Å². The van der Waals surface area contributed by atoms with Gasteiger partial charge in [-0.2, -0.15) is 0 Å². The number of hydrogen-bond donors (Lipinski definition) is 1. The van der Waals surface area contributed by atoms with E-state index in [1.165, 1.54) is 12.7 Å². The van der Waals surface area contributed by atoms with Crippen LogP contribution in [0.5, 0.6) is 5.75 Å². The van der Waals surface area contributed by atoms with Gasteiger partial charge in [0.2, 0.25) is 0 Å². The SMILES string of the molecule is COC(=O)[C@H](Oc1cc(Cn2c(C)c(C)c3cc(C(=O)N[C@@H](C)c4cccc(C(C)C)c4)ccc32)ccc1Cl)C(C)C. The molecule has 0 spiro atoms. The van der Waals surface area contributed by atoms with Crippen molar-refractivity contribution in [2.24, 2.45) is 5.92 Å². The van der Waals surface area contributed by atoms with E-state index in [0.29, 0.717) is 28.8 Å². The number of hydrogen-bond acceptors (Lipinski definition) is 4. The van der Waals surface area contributed by atoms with Gasteiger partial charge in [0.15, 0.2) is 6.10 Å². The van der Waals surface area contributed by atoms with E-state index in [9.17, 15) is 9.59 Å². The van der Waals surface area contributed by atoms with Crippen molar-refractivity contribution in [1.82, 2.24) is 9.88 Å². The molecule has 0 radical (unpaired) electrons. The van der Waals surface area contributed by atoms with Crippen LogP contribution in [0.2, 0.25) is 5.02 Å². The second kappa shape index (κ2) is 13.0. The maximum absolute atomic E-state index is 13.3. The number of carbonyl (C=O) groups is 2. The highest BCUT2D eigenvalue weighted by Crippen LogP contribution is 2.31. The molecular weight excluding hydrogens is 548 g/mol. The van der Waals surface area contributed by atoms with Gasteiger partial charge in [-0.25, -0.2) is 4.79 Å². The Kier molecular flexibility index (Phi) is 9.67. The number of nitrogens with one attached hydrogen (secondary N) is 1. The maximum Gasteiger partial charge on any atom is 0.347 e. The van der Waals surface area contributed by atoms with Crippen LogP contribution in [0, 0.1) is 19.8 Å². The summed E-state index contributed by atoms with van der Waals surface area (Å²) in [4.78, 5) is 25.5. The Labute approximate surface area is 254 Å². The first-order chi connectivity index (χ1) is 19.9. The summed E-state index contributed by atoms with van der Waals surface area (Å²) in [5, 5.41) is 4.63. The molecule has 0 aliphatic carbocycles. The predicted molar refractivity (Wildman–Crippen MR) is 170 cm³/mol. The second-order valence-corrected chi connectivity index (χ2v) is 12.0. The summed E-state index contributed by atoms with van der Waals surface area (Å²) in [6.45, 7) is 14.9. The first-order valence-electron chi connectivity index (χ1n) is 14.4. The summed E-state index contributed by atoms with van der Waals surface area (Å²) < 4.78 is 13.2. The largest absolute Gasteiger partial charge is 0.477 e. The Morgan fingerprint density at radius 2 is 1.64 bits per heavy atom. The number of nitrogens with zero attached hydrogens (tertiary/aromatic N) is 1. The Bertz CT molecular complexity index is 1600. The fraction of sp³-hybridized carbons (Fsp3) is 0.371. The quantitative estimate of drug-likeness (QED) is 0.190. The van der Waals surface area contributed by atoms with Crippen LogP contribution in [0.1, 0.15) is 84.9 Å². The molecule has 3 aromatic carbocycles. The Balaban J connectivity index is 1.58. The molecule has 1 aromatic heterocycles. The molecule has 4 aromatic rings. The molecule has 1 amide bonds. The standard InChI is InChI=1S/C35H41ClN2O4/c1-20(2)26-10-9-11-27(17-26)23(6)37-34(39)28-13-15-31-29(18-28)22(5)24(7)38(31)19-25-12-14-30(36)32(16-25)42-33(21(3)4)35(40)41-8/h9-18,20-21,23,33H,19H2,1-8H3,(H,37,39)/t23-,33+/m0/s1. The van der Waals surface area contributed by atoms with Crippen molar-refractivity contribution < 1.29 is 19.1 Å². The molecule has 6 nitrogen and oxygen atoms in total. The molecule has 0 aliphatic rings. The van der Waals surface area contributed by atoms with E-state index in [-0.39, 0.29) is 17.9 Å². The van der Waals surface area contributed by atoms with E-state index in [0.717, 1.165) is 33.3 Å². The van der Waals surface area contributed by atoms with Gasteiger partial charge in [-0.05, 0) is 79.3 Å². The van der Waals surface area contributed by atoms with Crippen molar-refractivity contribution in [2.75, 3.05) is 7.11 Å². The van der Waals surface area contributed by atoms with Gasteiger partial charge >= 0.3 is 5.97 Å². The van der Waals surface area contributed by atoms with E-state index in [1.807, 2.05) is 57.2 Å². The zero-order valence-corrected chi connectivity index (χ0v) is 26.5. The van der Waals surface area contributed by atoms with Crippen LogP contribution >= 0.6 is 11.6 Å². The normalized spacial score (nSPS) is 12.9.